The number of carbonyl (C=O) groups excluding carboxylic acids is 1. The number of thiazole rings is 1. The summed E-state index contributed by atoms with van der Waals surface area (Å²) in [5.74, 6) is 0.396. The van der Waals surface area contributed by atoms with Gasteiger partial charge in [0, 0.05) is 58.2 Å². The van der Waals surface area contributed by atoms with Crippen LogP contribution < -0.4 is 16.3 Å². The van der Waals surface area contributed by atoms with Crippen LogP contribution in [0.4, 0.5) is 24.1 Å². The number of nitrogens with zero attached hydrogens (tertiary/aromatic N) is 5. The second-order valence-electron chi connectivity index (χ2n) is 10.1. The first-order chi connectivity index (χ1) is 18.9. The molecule has 1 saturated heterocycles. The molecule has 0 saturated carbocycles. The third-order valence-electron chi connectivity index (χ3n) is 7.47. The fourth-order valence-corrected chi connectivity index (χ4v) is 8.90. The average molecular weight is 607 g/mol. The van der Waals surface area contributed by atoms with E-state index in [1.54, 1.807) is 10.3 Å². The van der Waals surface area contributed by atoms with Crippen LogP contribution in [0.1, 0.15) is 32.4 Å². The Kier molecular flexibility index (Phi) is 6.42. The van der Waals surface area contributed by atoms with Gasteiger partial charge in [-0.1, -0.05) is 17.9 Å². The molecule has 5 heterocycles. The van der Waals surface area contributed by atoms with E-state index in [2.05, 4.69) is 16.5 Å². The number of rotatable bonds is 3. The minimum Gasteiger partial charge on any atom is -0.375 e. The van der Waals surface area contributed by atoms with Crippen molar-refractivity contribution >= 4 is 72.4 Å². The second kappa shape index (κ2) is 9.48. The molecule has 2 aliphatic rings. The molecule has 1 unspecified atom stereocenters. The van der Waals surface area contributed by atoms with Gasteiger partial charge in [0.15, 0.2) is 5.13 Å². The van der Waals surface area contributed by atoms with Crippen LogP contribution in [0.5, 0.6) is 0 Å². The highest BCUT2D eigenvalue weighted by Crippen LogP contribution is 2.52. The molecule has 3 atom stereocenters. The quantitative estimate of drug-likeness (QED) is 0.303. The van der Waals surface area contributed by atoms with Crippen molar-refractivity contribution in [3.8, 4) is 10.4 Å². The number of nitrogens with two attached hydrogens (primary N) is 1. The topological polar surface area (TPSA) is 97.4 Å². The third kappa shape index (κ3) is 4.10. The van der Waals surface area contributed by atoms with Crippen molar-refractivity contribution in [2.45, 2.75) is 50.0 Å². The molecule has 0 spiro atoms. The first kappa shape index (κ1) is 27.1. The van der Waals surface area contributed by atoms with Gasteiger partial charge in [0.05, 0.1) is 20.7 Å². The lowest BCUT2D eigenvalue weighted by Gasteiger charge is -2.45. The summed E-state index contributed by atoms with van der Waals surface area (Å²) in [4.78, 5) is 38.9. The minimum absolute atomic E-state index is 0.0234. The molecule has 6 rings (SSSR count). The maximum absolute atomic E-state index is 14.9. The zero-order valence-corrected chi connectivity index (χ0v) is 24.2. The molecule has 2 aliphatic heterocycles. The molecule has 1 aromatic carbocycles. The molecule has 8 nitrogen and oxygen atoms in total. The first-order valence-electron chi connectivity index (χ1n) is 12.6. The number of nitrogen functional groups attached to an aromatic ring is 1. The van der Waals surface area contributed by atoms with E-state index in [-0.39, 0.29) is 45.9 Å². The average Bonchev–Trinajstić information content (AvgIpc) is 3.45. The number of hydrogen-bond donors (Lipinski definition) is 1. The number of amides is 1. The summed E-state index contributed by atoms with van der Waals surface area (Å²) in [7, 11) is 0. The summed E-state index contributed by atoms with van der Waals surface area (Å²) in [5.41, 5.74) is 5.48. The Hall–Kier alpha value is -3.10. The molecule has 0 bridgehead atoms. The number of hydrogen-bond acceptors (Lipinski definition) is 9. The van der Waals surface area contributed by atoms with Gasteiger partial charge in [-0.05, 0) is 32.9 Å². The van der Waals surface area contributed by atoms with Gasteiger partial charge >= 0.3 is 11.9 Å². The Labute approximate surface area is 239 Å². The molecule has 14 heteroatoms. The number of halogens is 3. The molecule has 1 amide bonds. The maximum Gasteiger partial charge on any atom is 0.417 e. The van der Waals surface area contributed by atoms with Crippen LogP contribution in [0.15, 0.2) is 33.8 Å². The Morgan fingerprint density at radius 3 is 2.62 bits per heavy atom. The number of benzene rings is 1. The van der Waals surface area contributed by atoms with Crippen molar-refractivity contribution < 1.29 is 18.0 Å². The van der Waals surface area contributed by atoms with Crippen LogP contribution in [-0.4, -0.2) is 56.3 Å². The summed E-state index contributed by atoms with van der Waals surface area (Å²) < 4.78 is 46.8. The summed E-state index contributed by atoms with van der Waals surface area (Å²) >= 11 is 3.73. The standard InChI is InChI=1S/C26H25F3N6O2S3/c1-5-17(36)33-7-12(3)34(8-11(33)2)23-14-6-15(26(27,28)29)18(21-19-16(10-39-21)40-24(30)31-19)22-20(14)35(25(37)32-23)13(4)9-38-22/h5-6,10-13H,1,7-9H2,2-4H3,(H2,30,31)/t11-,12+,13?/m1/s1. The van der Waals surface area contributed by atoms with E-state index in [0.29, 0.717) is 39.6 Å². The number of alkyl halides is 3. The van der Waals surface area contributed by atoms with Crippen LogP contribution in [-0.2, 0) is 11.0 Å². The van der Waals surface area contributed by atoms with E-state index in [1.165, 1.54) is 45.1 Å². The summed E-state index contributed by atoms with van der Waals surface area (Å²) in [6, 6.07) is 0.296. The summed E-state index contributed by atoms with van der Waals surface area (Å²) in [6.45, 7) is 9.78. The molecule has 0 aliphatic carbocycles. The van der Waals surface area contributed by atoms with Crippen molar-refractivity contribution in [1.82, 2.24) is 19.4 Å². The predicted octanol–water partition coefficient (Wildman–Crippen LogP) is 5.61. The van der Waals surface area contributed by atoms with E-state index >= 15 is 0 Å². The van der Waals surface area contributed by atoms with Gasteiger partial charge in [-0.2, -0.15) is 18.2 Å². The number of piperazine rings is 1. The predicted molar refractivity (Wildman–Crippen MR) is 156 cm³/mol. The lowest BCUT2D eigenvalue weighted by Crippen LogP contribution is -2.58. The largest absolute Gasteiger partial charge is 0.417 e. The molecule has 4 aromatic rings. The summed E-state index contributed by atoms with van der Waals surface area (Å²) in [6.07, 6.45) is -3.44. The van der Waals surface area contributed by atoms with Crippen molar-refractivity contribution in [1.29, 1.82) is 0 Å². The van der Waals surface area contributed by atoms with E-state index < -0.39 is 17.4 Å². The highest BCUT2D eigenvalue weighted by molar-refractivity contribution is 7.99. The normalized spacial score (nSPS) is 21.4. The van der Waals surface area contributed by atoms with E-state index in [0.717, 1.165) is 10.8 Å². The van der Waals surface area contributed by atoms with Gasteiger partial charge in [0.1, 0.15) is 11.3 Å². The smallest absolute Gasteiger partial charge is 0.375 e. The molecule has 40 heavy (non-hydrogen) atoms. The van der Waals surface area contributed by atoms with E-state index in [9.17, 15) is 22.8 Å². The number of thioether (sulfide) groups is 1. The lowest BCUT2D eigenvalue weighted by atomic mass is 9.99. The van der Waals surface area contributed by atoms with Gasteiger partial charge in [-0.15, -0.1) is 23.1 Å². The zero-order valence-electron chi connectivity index (χ0n) is 21.8. The molecular weight excluding hydrogens is 582 g/mol. The fraction of sp³-hybridized carbons (Fsp3) is 0.385. The molecule has 2 N–H and O–H groups in total. The van der Waals surface area contributed by atoms with Crippen LogP contribution in [0, 0.1) is 0 Å². The first-order valence-corrected chi connectivity index (χ1v) is 15.3. The molecule has 210 valence electrons. The number of carbonyl (C=O) groups is 1. The van der Waals surface area contributed by atoms with Crippen molar-refractivity contribution in [3.63, 3.8) is 0 Å². The van der Waals surface area contributed by atoms with Crippen LogP contribution in [0.3, 0.4) is 0 Å². The number of aromatic nitrogens is 3. The van der Waals surface area contributed by atoms with E-state index in [1.807, 2.05) is 25.7 Å². The minimum atomic E-state index is -4.69. The Bertz CT molecular complexity index is 1760. The van der Waals surface area contributed by atoms with Gasteiger partial charge in [0.2, 0.25) is 5.91 Å². The van der Waals surface area contributed by atoms with Gasteiger partial charge < -0.3 is 15.5 Å². The number of fused-ring (bicyclic) bond motifs is 1. The zero-order chi connectivity index (χ0) is 28.7. The fourth-order valence-electron chi connectivity index (χ4n) is 5.64. The lowest BCUT2D eigenvalue weighted by molar-refractivity contribution is -0.137. The highest BCUT2D eigenvalue weighted by atomic mass is 32.2. The van der Waals surface area contributed by atoms with Crippen molar-refractivity contribution in [2.75, 3.05) is 29.5 Å². The third-order valence-corrected chi connectivity index (χ3v) is 10.8. The van der Waals surface area contributed by atoms with Crippen LogP contribution in [0.2, 0.25) is 0 Å². The van der Waals surface area contributed by atoms with Crippen molar-refractivity contribution in [2.24, 2.45) is 0 Å². The Balaban J connectivity index is 1.66. The monoisotopic (exact) mass is 606 g/mol. The SMILES string of the molecule is C=CC(=O)N1C[C@H](C)N(c2nc(=O)n3c4c(c(-c5scc6sc(N)nc56)c(C(F)(F)F)cc24)SCC3C)C[C@H]1C. The molecule has 0 radical (unpaired) electrons. The molecule has 3 aromatic heterocycles. The Morgan fingerprint density at radius 1 is 1.18 bits per heavy atom. The second-order valence-corrected chi connectivity index (χ2v) is 13.1. The van der Waals surface area contributed by atoms with Gasteiger partial charge in [0.25, 0.3) is 0 Å². The Morgan fingerprint density at radius 2 is 1.93 bits per heavy atom. The van der Waals surface area contributed by atoms with Crippen LogP contribution >= 0.6 is 34.4 Å². The molecular formula is C26H25F3N6O2S3. The highest BCUT2D eigenvalue weighted by Gasteiger charge is 2.41. The van der Waals surface area contributed by atoms with E-state index in [4.69, 9.17) is 5.73 Å². The van der Waals surface area contributed by atoms with Gasteiger partial charge in [-0.25, -0.2) is 9.78 Å². The maximum atomic E-state index is 14.9. The summed E-state index contributed by atoms with van der Waals surface area (Å²) in [5, 5.41) is 2.31. The molecule has 1 fully saturated rings. The number of anilines is 2. The number of thiophene rings is 1. The van der Waals surface area contributed by atoms with Crippen LogP contribution in [0.25, 0.3) is 31.6 Å². The van der Waals surface area contributed by atoms with Crippen molar-refractivity contribution in [3.05, 3.63) is 40.1 Å². The van der Waals surface area contributed by atoms with Gasteiger partial charge in [-0.3, -0.25) is 9.36 Å².